The highest BCUT2D eigenvalue weighted by molar-refractivity contribution is 5.81. The highest BCUT2D eigenvalue weighted by atomic mass is 16.6. The average Bonchev–Trinajstić information content (AvgIpc) is 2.55. The van der Waals surface area contributed by atoms with E-state index in [0.29, 0.717) is 25.7 Å². The topological polar surface area (TPSA) is 90.9 Å². The van der Waals surface area contributed by atoms with Crippen molar-refractivity contribution in [3.8, 4) is 0 Å². The van der Waals surface area contributed by atoms with Crippen LogP contribution in [0.25, 0.3) is 0 Å². The van der Waals surface area contributed by atoms with E-state index in [2.05, 4.69) is 23.2 Å². The van der Waals surface area contributed by atoms with Gasteiger partial charge in [0.2, 0.25) is 0 Å². The maximum Gasteiger partial charge on any atom is 0.408 e. The van der Waals surface area contributed by atoms with Gasteiger partial charge in [-0.25, -0.2) is 9.59 Å². The molecule has 130 valence electrons. The van der Waals surface area contributed by atoms with Crippen LogP contribution in [0, 0.1) is 0 Å². The molecule has 23 heavy (non-hydrogen) atoms. The third kappa shape index (κ3) is 11.0. The Bertz CT molecular complexity index is 407. The highest BCUT2D eigenvalue weighted by Crippen LogP contribution is 2.08. The monoisotopic (exact) mass is 327 g/mol. The van der Waals surface area contributed by atoms with Gasteiger partial charge in [0.1, 0.15) is 19.3 Å². The van der Waals surface area contributed by atoms with E-state index in [9.17, 15) is 14.4 Å². The molecule has 0 rings (SSSR count). The summed E-state index contributed by atoms with van der Waals surface area (Å²) in [5, 5.41) is 2.44. The zero-order chi connectivity index (χ0) is 17.5. The van der Waals surface area contributed by atoms with Crippen LogP contribution in [0.4, 0.5) is 4.79 Å². The average molecular weight is 327 g/mol. The summed E-state index contributed by atoms with van der Waals surface area (Å²) >= 11 is 0. The number of alkyl carbamates (subject to hydrolysis) is 1. The normalized spacial score (nSPS) is 11.0. The van der Waals surface area contributed by atoms with E-state index in [1.807, 2.05) is 0 Å². The summed E-state index contributed by atoms with van der Waals surface area (Å²) in [5.74, 6) is -0.813. The SMILES string of the molecule is C=CCOC(=O)CCCCC[C@H](NC(=O)OCC=C)C(=O)OC. The second kappa shape index (κ2) is 13.4. The molecule has 1 atom stereocenters. The van der Waals surface area contributed by atoms with Gasteiger partial charge in [0.05, 0.1) is 7.11 Å². The number of carbonyl (C=O) groups excluding carboxylic acids is 3. The van der Waals surface area contributed by atoms with Crippen LogP contribution >= 0.6 is 0 Å². The van der Waals surface area contributed by atoms with Gasteiger partial charge in [0.25, 0.3) is 0 Å². The molecule has 0 aromatic rings. The smallest absolute Gasteiger partial charge is 0.408 e. The van der Waals surface area contributed by atoms with Gasteiger partial charge >= 0.3 is 18.0 Å². The van der Waals surface area contributed by atoms with Gasteiger partial charge < -0.3 is 19.5 Å². The number of hydrogen-bond donors (Lipinski definition) is 1. The first-order valence-corrected chi connectivity index (χ1v) is 7.43. The Morgan fingerprint density at radius 3 is 2.30 bits per heavy atom. The maximum absolute atomic E-state index is 11.6. The summed E-state index contributed by atoms with van der Waals surface area (Å²) in [5.41, 5.74) is 0. The minimum Gasteiger partial charge on any atom is -0.467 e. The molecule has 0 aliphatic carbocycles. The summed E-state index contributed by atoms with van der Waals surface area (Å²) in [6.45, 7) is 7.15. The molecule has 0 radical (unpaired) electrons. The van der Waals surface area contributed by atoms with Gasteiger partial charge in [-0.2, -0.15) is 0 Å². The van der Waals surface area contributed by atoms with Crippen molar-refractivity contribution in [1.29, 1.82) is 0 Å². The lowest BCUT2D eigenvalue weighted by atomic mass is 10.1. The molecule has 7 nitrogen and oxygen atoms in total. The maximum atomic E-state index is 11.6. The number of esters is 2. The van der Waals surface area contributed by atoms with Crippen LogP contribution in [-0.2, 0) is 23.8 Å². The van der Waals surface area contributed by atoms with E-state index in [0.717, 1.165) is 6.42 Å². The third-order valence-electron chi connectivity index (χ3n) is 2.85. The molecule has 0 aliphatic rings. The number of ether oxygens (including phenoxy) is 3. The van der Waals surface area contributed by atoms with Gasteiger partial charge in [-0.3, -0.25) is 4.79 Å². The van der Waals surface area contributed by atoms with Crippen LogP contribution < -0.4 is 5.32 Å². The highest BCUT2D eigenvalue weighted by Gasteiger charge is 2.21. The number of nitrogens with one attached hydrogen (secondary N) is 1. The molecule has 0 aromatic carbocycles. The van der Waals surface area contributed by atoms with Crippen LogP contribution in [0.1, 0.15) is 32.1 Å². The van der Waals surface area contributed by atoms with Gasteiger partial charge in [-0.05, 0) is 12.8 Å². The molecule has 0 unspecified atom stereocenters. The minimum absolute atomic E-state index is 0.0620. The van der Waals surface area contributed by atoms with E-state index >= 15 is 0 Å². The number of methoxy groups -OCH3 is 1. The predicted octanol–water partition coefficient (Wildman–Crippen LogP) is 2.12. The molecule has 0 heterocycles. The van der Waals surface area contributed by atoms with E-state index < -0.39 is 18.1 Å². The zero-order valence-corrected chi connectivity index (χ0v) is 13.5. The van der Waals surface area contributed by atoms with Gasteiger partial charge in [-0.1, -0.05) is 38.2 Å². The number of amides is 1. The second-order valence-corrected chi connectivity index (χ2v) is 4.68. The van der Waals surface area contributed by atoms with Crippen LogP contribution in [0.15, 0.2) is 25.3 Å². The van der Waals surface area contributed by atoms with Crippen molar-refractivity contribution in [2.45, 2.75) is 38.1 Å². The zero-order valence-electron chi connectivity index (χ0n) is 13.5. The van der Waals surface area contributed by atoms with Crippen molar-refractivity contribution in [1.82, 2.24) is 5.32 Å². The predicted molar refractivity (Wildman–Crippen MR) is 84.7 cm³/mol. The van der Waals surface area contributed by atoms with Crippen molar-refractivity contribution in [3.63, 3.8) is 0 Å². The third-order valence-corrected chi connectivity index (χ3v) is 2.85. The van der Waals surface area contributed by atoms with E-state index in [1.54, 1.807) is 0 Å². The molecule has 0 spiro atoms. The molecule has 0 bridgehead atoms. The van der Waals surface area contributed by atoms with Gasteiger partial charge in [-0.15, -0.1) is 0 Å². The van der Waals surface area contributed by atoms with Crippen LogP contribution in [0.2, 0.25) is 0 Å². The molecule has 0 saturated heterocycles. The lowest BCUT2D eigenvalue weighted by molar-refractivity contribution is -0.144. The first kappa shape index (κ1) is 20.7. The molecule has 0 fully saturated rings. The Hall–Kier alpha value is -2.31. The van der Waals surface area contributed by atoms with Crippen molar-refractivity contribution >= 4 is 18.0 Å². The number of unbranched alkanes of at least 4 members (excludes halogenated alkanes) is 2. The van der Waals surface area contributed by atoms with E-state index in [1.165, 1.54) is 19.3 Å². The Balaban J connectivity index is 4.03. The first-order chi connectivity index (χ1) is 11.0. The standard InChI is InChI=1S/C16H25NO6/c1-4-11-22-14(18)10-8-6-7-9-13(15(19)21-3)17-16(20)23-12-5-2/h4-5,13H,1-2,6-12H2,3H3,(H,17,20)/t13-/m0/s1. The Kier molecular flexibility index (Phi) is 12.0. The van der Waals surface area contributed by atoms with Crippen LogP contribution in [-0.4, -0.2) is 44.4 Å². The largest absolute Gasteiger partial charge is 0.467 e. The summed E-state index contributed by atoms with van der Waals surface area (Å²) in [7, 11) is 1.25. The Morgan fingerprint density at radius 2 is 1.70 bits per heavy atom. The summed E-state index contributed by atoms with van der Waals surface area (Å²) in [6.07, 6.45) is 4.96. The summed E-state index contributed by atoms with van der Waals surface area (Å²) in [6, 6.07) is -0.773. The fraction of sp³-hybridized carbons (Fsp3) is 0.562. The molecule has 1 amide bonds. The molecule has 0 aromatic heterocycles. The number of carbonyl (C=O) groups is 3. The van der Waals surface area contributed by atoms with Crippen molar-refractivity contribution in [2.24, 2.45) is 0 Å². The fourth-order valence-corrected chi connectivity index (χ4v) is 1.73. The van der Waals surface area contributed by atoms with Crippen molar-refractivity contribution in [3.05, 3.63) is 25.3 Å². The van der Waals surface area contributed by atoms with E-state index in [4.69, 9.17) is 9.47 Å². The van der Waals surface area contributed by atoms with Crippen molar-refractivity contribution < 1.29 is 28.6 Å². The van der Waals surface area contributed by atoms with E-state index in [-0.39, 0.29) is 19.2 Å². The summed E-state index contributed by atoms with van der Waals surface area (Å²) in [4.78, 5) is 34.3. The lowest BCUT2D eigenvalue weighted by Crippen LogP contribution is -2.41. The Morgan fingerprint density at radius 1 is 1.04 bits per heavy atom. The van der Waals surface area contributed by atoms with Crippen LogP contribution in [0.5, 0.6) is 0 Å². The van der Waals surface area contributed by atoms with Crippen molar-refractivity contribution in [2.75, 3.05) is 20.3 Å². The molecular weight excluding hydrogens is 302 g/mol. The Labute approximate surface area is 136 Å². The number of rotatable bonds is 12. The van der Waals surface area contributed by atoms with Crippen LogP contribution in [0.3, 0.4) is 0 Å². The minimum atomic E-state index is -0.773. The van der Waals surface area contributed by atoms with Gasteiger partial charge in [0, 0.05) is 6.42 Å². The molecule has 0 aliphatic heterocycles. The summed E-state index contributed by atoms with van der Waals surface area (Å²) < 4.78 is 14.3. The lowest BCUT2D eigenvalue weighted by Gasteiger charge is -2.15. The number of hydrogen-bond acceptors (Lipinski definition) is 6. The molecule has 1 N–H and O–H groups in total. The molecular formula is C16H25NO6. The quantitative estimate of drug-likeness (QED) is 0.255. The molecule has 0 saturated carbocycles. The molecule has 7 heteroatoms. The second-order valence-electron chi connectivity index (χ2n) is 4.68. The fourth-order valence-electron chi connectivity index (χ4n) is 1.73. The first-order valence-electron chi connectivity index (χ1n) is 7.43. The van der Waals surface area contributed by atoms with Gasteiger partial charge in [0.15, 0.2) is 0 Å².